The molecule has 3 heterocycles. The molecule has 3 N–H and O–H groups in total. The van der Waals surface area contributed by atoms with Gasteiger partial charge in [-0.15, -0.1) is 11.3 Å². The summed E-state index contributed by atoms with van der Waals surface area (Å²) in [5.41, 5.74) is 7.87. The van der Waals surface area contributed by atoms with Gasteiger partial charge in [0.2, 0.25) is 5.95 Å². The molecule has 0 spiro atoms. The Bertz CT molecular complexity index is 722. The highest BCUT2D eigenvalue weighted by atomic mass is 32.1. The summed E-state index contributed by atoms with van der Waals surface area (Å²) in [4.78, 5) is 13.7. The summed E-state index contributed by atoms with van der Waals surface area (Å²) in [5.74, 6) is 1.05. The van der Waals surface area contributed by atoms with Gasteiger partial charge in [-0.2, -0.15) is 4.98 Å². The molecule has 0 saturated heterocycles. The van der Waals surface area contributed by atoms with Crippen molar-refractivity contribution in [3.8, 4) is 0 Å². The predicted octanol–water partition coefficient (Wildman–Crippen LogP) is 2.59. The first-order valence-electron chi connectivity index (χ1n) is 5.89. The van der Waals surface area contributed by atoms with E-state index in [1.807, 2.05) is 30.5 Å². The van der Waals surface area contributed by atoms with E-state index in [1.54, 1.807) is 17.5 Å². The number of nitrogens with two attached hydrogens (primary N) is 1. The lowest BCUT2D eigenvalue weighted by molar-refractivity contribution is 1.01. The lowest BCUT2D eigenvalue weighted by Gasteiger charge is -2.08. The van der Waals surface area contributed by atoms with Gasteiger partial charge in [-0.05, 0) is 30.0 Å². The third-order valence-corrected chi connectivity index (χ3v) is 3.69. The first-order valence-corrected chi connectivity index (χ1v) is 6.77. The molecular weight excluding hydrogens is 258 g/mol. The highest BCUT2D eigenvalue weighted by Crippen LogP contribution is 2.26. The van der Waals surface area contributed by atoms with E-state index in [9.17, 15) is 0 Å². The average Bonchev–Trinajstić information content (AvgIpc) is 2.85. The average molecular weight is 271 g/mol. The maximum atomic E-state index is 5.71. The number of aromatic nitrogens is 3. The molecule has 6 heteroatoms. The molecule has 0 aromatic carbocycles. The predicted molar refractivity (Wildman–Crippen MR) is 78.1 cm³/mol. The summed E-state index contributed by atoms with van der Waals surface area (Å²) in [7, 11) is 0. The molecule has 0 aliphatic carbocycles. The zero-order chi connectivity index (χ0) is 13.2. The van der Waals surface area contributed by atoms with Crippen LogP contribution in [0.3, 0.4) is 0 Å². The first kappa shape index (κ1) is 11.9. The molecule has 3 rings (SSSR count). The summed E-state index contributed by atoms with van der Waals surface area (Å²) in [6.45, 7) is 2.66. The minimum Gasteiger partial charge on any atom is -0.368 e. The lowest BCUT2D eigenvalue weighted by Crippen LogP contribution is -2.06. The van der Waals surface area contributed by atoms with Gasteiger partial charge in [0.1, 0.15) is 10.6 Å². The zero-order valence-corrected chi connectivity index (χ0v) is 11.2. The van der Waals surface area contributed by atoms with Gasteiger partial charge in [-0.25, -0.2) is 4.98 Å². The maximum absolute atomic E-state index is 5.71. The quantitative estimate of drug-likeness (QED) is 0.765. The van der Waals surface area contributed by atoms with Crippen molar-refractivity contribution in [1.82, 2.24) is 15.0 Å². The van der Waals surface area contributed by atoms with Crippen LogP contribution in [0.5, 0.6) is 0 Å². The second-order valence-corrected chi connectivity index (χ2v) is 5.08. The summed E-state index contributed by atoms with van der Waals surface area (Å²) >= 11 is 1.55. The molecule has 19 heavy (non-hydrogen) atoms. The second kappa shape index (κ2) is 4.81. The number of hydrogen-bond acceptors (Lipinski definition) is 6. The van der Waals surface area contributed by atoms with Crippen LogP contribution < -0.4 is 11.1 Å². The molecule has 3 aromatic heterocycles. The van der Waals surface area contributed by atoms with Crippen LogP contribution in [0.4, 0.5) is 11.8 Å². The number of thiophene rings is 1. The lowest BCUT2D eigenvalue weighted by atomic mass is 10.2. The van der Waals surface area contributed by atoms with E-state index in [1.165, 1.54) is 0 Å². The van der Waals surface area contributed by atoms with E-state index in [4.69, 9.17) is 5.73 Å². The normalized spacial score (nSPS) is 10.8. The number of nitrogens with one attached hydrogen (secondary N) is 1. The molecular formula is C13H13N5S. The Kier molecular flexibility index (Phi) is 3.00. The number of rotatable bonds is 3. The fraction of sp³-hybridized carbons (Fsp3) is 0.154. The van der Waals surface area contributed by atoms with Crippen LogP contribution in [0.25, 0.3) is 10.2 Å². The van der Waals surface area contributed by atoms with Crippen LogP contribution >= 0.6 is 11.3 Å². The molecule has 0 radical (unpaired) electrons. The van der Waals surface area contributed by atoms with Crippen molar-refractivity contribution in [3.05, 3.63) is 41.0 Å². The standard InChI is InChI=1S/C13H13N5S/c1-8-3-2-5-15-10(8)7-16-11-9-4-6-19-12(9)18-13(14)17-11/h2-6H,7H2,1H3,(H3,14,16,17,18). The summed E-state index contributed by atoms with van der Waals surface area (Å²) in [6, 6.07) is 5.96. The van der Waals surface area contributed by atoms with Gasteiger partial charge in [0.05, 0.1) is 17.6 Å². The molecule has 0 aliphatic heterocycles. The summed E-state index contributed by atoms with van der Waals surface area (Å²) in [5, 5.41) is 6.26. The number of hydrogen-bond donors (Lipinski definition) is 2. The zero-order valence-electron chi connectivity index (χ0n) is 10.4. The molecule has 0 amide bonds. The molecule has 0 unspecified atom stereocenters. The number of anilines is 2. The molecule has 3 aromatic rings. The van der Waals surface area contributed by atoms with Crippen LogP contribution in [0.1, 0.15) is 11.3 Å². The van der Waals surface area contributed by atoms with E-state index >= 15 is 0 Å². The van der Waals surface area contributed by atoms with Crippen molar-refractivity contribution in [2.45, 2.75) is 13.5 Å². The first-order chi connectivity index (χ1) is 9.24. The molecule has 5 nitrogen and oxygen atoms in total. The largest absolute Gasteiger partial charge is 0.368 e. The van der Waals surface area contributed by atoms with Gasteiger partial charge in [-0.1, -0.05) is 6.07 Å². The molecule has 0 fully saturated rings. The number of pyridine rings is 1. The van der Waals surface area contributed by atoms with Gasteiger partial charge < -0.3 is 11.1 Å². The highest BCUT2D eigenvalue weighted by molar-refractivity contribution is 7.16. The monoisotopic (exact) mass is 271 g/mol. The fourth-order valence-corrected chi connectivity index (χ4v) is 2.65. The van der Waals surface area contributed by atoms with E-state index in [2.05, 4.69) is 20.3 Å². The van der Waals surface area contributed by atoms with E-state index in [0.717, 1.165) is 27.3 Å². The Morgan fingerprint density at radius 1 is 1.32 bits per heavy atom. The number of nitrogen functional groups attached to an aromatic ring is 1. The van der Waals surface area contributed by atoms with E-state index < -0.39 is 0 Å². The van der Waals surface area contributed by atoms with Crippen molar-refractivity contribution < 1.29 is 0 Å². The Balaban J connectivity index is 1.90. The number of aryl methyl sites for hydroxylation is 1. The minimum atomic E-state index is 0.287. The van der Waals surface area contributed by atoms with Crippen LogP contribution in [0, 0.1) is 6.92 Å². The van der Waals surface area contributed by atoms with Gasteiger partial charge in [-0.3, -0.25) is 4.98 Å². The second-order valence-electron chi connectivity index (χ2n) is 4.19. The third-order valence-electron chi connectivity index (χ3n) is 2.88. The van der Waals surface area contributed by atoms with Crippen molar-refractivity contribution >= 4 is 33.3 Å². The van der Waals surface area contributed by atoms with Gasteiger partial charge >= 0.3 is 0 Å². The maximum Gasteiger partial charge on any atom is 0.223 e. The van der Waals surface area contributed by atoms with Crippen molar-refractivity contribution in [2.75, 3.05) is 11.1 Å². The number of fused-ring (bicyclic) bond motifs is 1. The summed E-state index contributed by atoms with van der Waals surface area (Å²) in [6.07, 6.45) is 1.79. The molecule has 0 bridgehead atoms. The highest BCUT2D eigenvalue weighted by Gasteiger charge is 2.07. The Hall–Kier alpha value is -2.21. The molecule has 96 valence electrons. The minimum absolute atomic E-state index is 0.287. The van der Waals surface area contributed by atoms with E-state index in [-0.39, 0.29) is 5.95 Å². The third kappa shape index (κ3) is 2.34. The van der Waals surface area contributed by atoms with Crippen LogP contribution in [-0.4, -0.2) is 15.0 Å². The molecule has 0 saturated carbocycles. The van der Waals surface area contributed by atoms with Crippen molar-refractivity contribution in [2.24, 2.45) is 0 Å². The van der Waals surface area contributed by atoms with Gasteiger partial charge in [0.25, 0.3) is 0 Å². The van der Waals surface area contributed by atoms with E-state index in [0.29, 0.717) is 6.54 Å². The fourth-order valence-electron chi connectivity index (χ4n) is 1.88. The Morgan fingerprint density at radius 3 is 3.05 bits per heavy atom. The topological polar surface area (TPSA) is 76.7 Å². The van der Waals surface area contributed by atoms with Crippen molar-refractivity contribution in [3.63, 3.8) is 0 Å². The Morgan fingerprint density at radius 2 is 2.21 bits per heavy atom. The molecule has 0 aliphatic rings. The number of nitrogens with zero attached hydrogens (tertiary/aromatic N) is 3. The van der Waals surface area contributed by atoms with Crippen LogP contribution in [0.2, 0.25) is 0 Å². The molecule has 0 atom stereocenters. The van der Waals surface area contributed by atoms with Crippen LogP contribution in [0.15, 0.2) is 29.8 Å². The summed E-state index contributed by atoms with van der Waals surface area (Å²) < 4.78 is 0. The van der Waals surface area contributed by atoms with Crippen molar-refractivity contribution in [1.29, 1.82) is 0 Å². The van der Waals surface area contributed by atoms with Gasteiger partial charge in [0, 0.05) is 6.20 Å². The SMILES string of the molecule is Cc1cccnc1CNc1nc(N)nc2sccc12. The smallest absolute Gasteiger partial charge is 0.223 e. The Labute approximate surface area is 114 Å². The van der Waals surface area contributed by atoms with Gasteiger partial charge in [0.15, 0.2) is 0 Å². The van der Waals surface area contributed by atoms with Crippen LogP contribution in [-0.2, 0) is 6.54 Å².